The Morgan fingerprint density at radius 3 is 3.00 bits per heavy atom. The average Bonchev–Trinajstić information content (AvgIpc) is 2.96. The molecule has 0 aromatic heterocycles. The number of aliphatic imine (C=N–C) groups is 1. The summed E-state index contributed by atoms with van der Waals surface area (Å²) in [6, 6.07) is 0.393. The van der Waals surface area contributed by atoms with Gasteiger partial charge in [0, 0.05) is 6.54 Å². The molecular formula is C10H19BN2O. The van der Waals surface area contributed by atoms with Gasteiger partial charge in [-0.25, -0.2) is 0 Å². The monoisotopic (exact) mass is 194 g/mol. The van der Waals surface area contributed by atoms with Crippen LogP contribution in [-0.2, 0) is 4.74 Å². The van der Waals surface area contributed by atoms with Gasteiger partial charge in [0.25, 0.3) is 0 Å². The summed E-state index contributed by atoms with van der Waals surface area (Å²) in [6.07, 6.45) is 2.84. The zero-order chi connectivity index (χ0) is 9.97. The molecule has 2 rings (SSSR count). The topological polar surface area (TPSA) is 24.8 Å². The third-order valence-corrected chi connectivity index (χ3v) is 3.04. The van der Waals surface area contributed by atoms with Crippen molar-refractivity contribution in [2.75, 3.05) is 19.7 Å². The van der Waals surface area contributed by atoms with Crippen molar-refractivity contribution >= 4 is 13.3 Å². The smallest absolute Gasteiger partial charge is 0.208 e. The van der Waals surface area contributed by atoms with Crippen LogP contribution in [0, 0.1) is 0 Å². The normalized spacial score (nSPS) is 28.4. The minimum Gasteiger partial charge on any atom is -0.480 e. The van der Waals surface area contributed by atoms with Gasteiger partial charge in [-0.05, 0) is 13.8 Å². The average molecular weight is 194 g/mol. The van der Waals surface area contributed by atoms with E-state index in [-0.39, 0.29) is 0 Å². The molecule has 1 saturated carbocycles. The molecule has 0 bridgehead atoms. The van der Waals surface area contributed by atoms with E-state index in [1.165, 1.54) is 20.3 Å². The highest BCUT2D eigenvalue weighted by Gasteiger charge is 2.31. The van der Waals surface area contributed by atoms with Gasteiger partial charge in [-0.15, -0.1) is 0 Å². The Labute approximate surface area is 86.8 Å². The van der Waals surface area contributed by atoms with Crippen molar-refractivity contribution in [2.24, 2.45) is 4.99 Å². The molecule has 78 valence electrons. The van der Waals surface area contributed by atoms with Crippen LogP contribution in [0.1, 0.15) is 26.7 Å². The van der Waals surface area contributed by atoms with Crippen LogP contribution in [0.5, 0.6) is 0 Å². The van der Waals surface area contributed by atoms with Gasteiger partial charge in [0.2, 0.25) is 7.41 Å². The number of hydrogen-bond acceptors (Lipinski definition) is 3. The molecule has 0 N–H and O–H groups in total. The van der Waals surface area contributed by atoms with Crippen LogP contribution < -0.4 is 0 Å². The van der Waals surface area contributed by atoms with E-state index in [9.17, 15) is 0 Å². The van der Waals surface area contributed by atoms with Crippen molar-refractivity contribution in [1.29, 1.82) is 0 Å². The van der Waals surface area contributed by atoms with E-state index in [0.29, 0.717) is 6.04 Å². The van der Waals surface area contributed by atoms with Gasteiger partial charge in [0.05, 0.1) is 19.2 Å². The van der Waals surface area contributed by atoms with E-state index in [4.69, 9.17) is 4.74 Å². The lowest BCUT2D eigenvalue weighted by atomic mass is 9.81. The molecule has 1 aliphatic carbocycles. The fraction of sp³-hybridized carbons (Fsp3) is 0.900. The summed E-state index contributed by atoms with van der Waals surface area (Å²) >= 11 is 0. The molecule has 1 unspecified atom stereocenters. The van der Waals surface area contributed by atoms with Crippen LogP contribution in [0.15, 0.2) is 4.99 Å². The Morgan fingerprint density at radius 2 is 2.36 bits per heavy atom. The van der Waals surface area contributed by atoms with Crippen molar-refractivity contribution in [3.05, 3.63) is 0 Å². The third-order valence-electron chi connectivity index (χ3n) is 3.04. The molecule has 3 nitrogen and oxygen atoms in total. The number of nitrogens with zero attached hydrogens (tertiary/aromatic N) is 2. The maximum absolute atomic E-state index is 5.54. The summed E-state index contributed by atoms with van der Waals surface area (Å²) in [6.45, 7) is 6.98. The van der Waals surface area contributed by atoms with Crippen LogP contribution in [0.3, 0.4) is 0 Å². The predicted octanol–water partition coefficient (Wildman–Crippen LogP) is 1.06. The van der Waals surface area contributed by atoms with Gasteiger partial charge in [-0.3, -0.25) is 4.99 Å². The van der Waals surface area contributed by atoms with Crippen molar-refractivity contribution in [3.8, 4) is 0 Å². The minimum atomic E-state index is 0.393. The fourth-order valence-electron chi connectivity index (χ4n) is 1.97. The second kappa shape index (κ2) is 4.34. The summed E-state index contributed by atoms with van der Waals surface area (Å²) in [5.41, 5.74) is 0. The molecule has 0 spiro atoms. The third kappa shape index (κ3) is 2.29. The Morgan fingerprint density at radius 1 is 1.57 bits per heavy atom. The summed E-state index contributed by atoms with van der Waals surface area (Å²) in [5, 5.41) is 0. The molecule has 1 atom stereocenters. The van der Waals surface area contributed by atoms with Crippen molar-refractivity contribution in [1.82, 2.24) is 4.81 Å². The zero-order valence-electron chi connectivity index (χ0n) is 9.20. The molecule has 2 aliphatic rings. The molecule has 1 aliphatic heterocycles. The Bertz CT molecular complexity index is 228. The van der Waals surface area contributed by atoms with E-state index >= 15 is 0 Å². The van der Waals surface area contributed by atoms with E-state index < -0.39 is 0 Å². The Balaban J connectivity index is 1.90. The maximum Gasteiger partial charge on any atom is 0.208 e. The van der Waals surface area contributed by atoms with E-state index in [2.05, 4.69) is 16.7 Å². The van der Waals surface area contributed by atoms with E-state index in [0.717, 1.165) is 31.4 Å². The first kappa shape index (κ1) is 10.0. The second-order valence-electron chi connectivity index (χ2n) is 4.27. The molecule has 1 fully saturated rings. The lowest BCUT2D eigenvalue weighted by Crippen LogP contribution is -2.47. The van der Waals surface area contributed by atoms with Gasteiger partial charge in [0.1, 0.15) is 0 Å². The molecule has 1 heterocycles. The number of ether oxygens (including phenoxy) is 1. The predicted molar refractivity (Wildman–Crippen MR) is 60.2 cm³/mol. The quantitative estimate of drug-likeness (QED) is 0.627. The first-order chi connectivity index (χ1) is 6.81. The Kier molecular flexibility index (Phi) is 3.11. The van der Waals surface area contributed by atoms with Crippen LogP contribution in [0.25, 0.3) is 0 Å². The van der Waals surface area contributed by atoms with Crippen molar-refractivity contribution in [2.45, 2.75) is 38.5 Å². The highest BCUT2D eigenvalue weighted by Crippen LogP contribution is 2.36. The molecule has 0 amide bonds. The first-order valence-corrected chi connectivity index (χ1v) is 5.72. The van der Waals surface area contributed by atoms with E-state index in [1.54, 1.807) is 0 Å². The molecular weight excluding hydrogens is 175 g/mol. The SMILES string of the molecule is CCOC1=NCCN(BC2CC2)C1C. The maximum atomic E-state index is 5.54. The van der Waals surface area contributed by atoms with Crippen LogP contribution in [0.2, 0.25) is 5.82 Å². The highest BCUT2D eigenvalue weighted by atomic mass is 16.5. The van der Waals surface area contributed by atoms with Gasteiger partial charge >= 0.3 is 0 Å². The van der Waals surface area contributed by atoms with Crippen molar-refractivity contribution < 1.29 is 4.74 Å². The van der Waals surface area contributed by atoms with Crippen LogP contribution in [-0.4, -0.2) is 43.9 Å². The molecule has 4 heteroatoms. The molecule has 0 saturated heterocycles. The lowest BCUT2D eigenvalue weighted by Gasteiger charge is -2.32. The highest BCUT2D eigenvalue weighted by molar-refractivity contribution is 6.36. The van der Waals surface area contributed by atoms with Gasteiger partial charge in [0.15, 0.2) is 5.90 Å². The standard InChI is InChI=1S/C10H19BN2O/c1-3-14-10-8(2)13(7-6-12-10)11-9-4-5-9/h8-9,11H,3-7H2,1-2H3. The minimum absolute atomic E-state index is 0.393. The summed E-state index contributed by atoms with van der Waals surface area (Å²) in [4.78, 5) is 6.94. The largest absolute Gasteiger partial charge is 0.480 e. The van der Waals surface area contributed by atoms with Crippen molar-refractivity contribution in [3.63, 3.8) is 0 Å². The summed E-state index contributed by atoms with van der Waals surface area (Å²) in [7, 11) is 1.24. The van der Waals surface area contributed by atoms with Gasteiger partial charge in [-0.2, -0.15) is 0 Å². The Hall–Kier alpha value is -0.505. The zero-order valence-corrected chi connectivity index (χ0v) is 9.20. The number of hydrogen-bond donors (Lipinski definition) is 0. The molecule has 0 aromatic rings. The molecule has 0 radical (unpaired) electrons. The fourth-order valence-corrected chi connectivity index (χ4v) is 1.97. The molecule has 14 heavy (non-hydrogen) atoms. The lowest BCUT2D eigenvalue weighted by molar-refractivity contribution is 0.268. The summed E-state index contributed by atoms with van der Waals surface area (Å²) in [5.74, 6) is 1.90. The molecule has 0 aromatic carbocycles. The van der Waals surface area contributed by atoms with E-state index in [1.807, 2.05) is 6.92 Å². The summed E-state index contributed by atoms with van der Waals surface area (Å²) < 4.78 is 5.54. The van der Waals surface area contributed by atoms with Gasteiger partial charge < -0.3 is 9.55 Å². The number of rotatable bonds is 3. The first-order valence-electron chi connectivity index (χ1n) is 5.72. The van der Waals surface area contributed by atoms with Gasteiger partial charge in [-0.1, -0.05) is 18.7 Å². The van der Waals surface area contributed by atoms with Crippen LogP contribution in [0.4, 0.5) is 0 Å². The van der Waals surface area contributed by atoms with Crippen LogP contribution >= 0.6 is 0 Å². The second-order valence-corrected chi connectivity index (χ2v) is 4.27.